The van der Waals surface area contributed by atoms with Crippen LogP contribution >= 0.6 is 34.8 Å². The number of rotatable bonds is 19. The number of halogens is 3. The molecule has 11 bridgehead atoms. The van der Waals surface area contributed by atoms with E-state index in [1.165, 1.54) is 51.2 Å². The second kappa shape index (κ2) is 37.9. The van der Waals surface area contributed by atoms with Gasteiger partial charge in [-0.05, 0) is 146 Å². The van der Waals surface area contributed by atoms with Gasteiger partial charge in [-0.25, -0.2) is 4.79 Å². The Bertz CT molecular complexity index is 5250. The van der Waals surface area contributed by atoms with Crippen molar-refractivity contribution in [1.29, 1.82) is 0 Å². The van der Waals surface area contributed by atoms with Crippen molar-refractivity contribution in [2.24, 2.45) is 23.3 Å². The van der Waals surface area contributed by atoms with E-state index in [-0.39, 0.29) is 52.8 Å². The van der Waals surface area contributed by atoms with E-state index in [1.54, 1.807) is 26.0 Å². The predicted molar refractivity (Wildman–Crippen MR) is 445 cm³/mol. The molecule has 0 radical (unpaired) electrons. The Morgan fingerprint density at radius 2 is 1.27 bits per heavy atom. The summed E-state index contributed by atoms with van der Waals surface area (Å²) in [5.41, 5.74) is 9.47. The summed E-state index contributed by atoms with van der Waals surface area (Å²) in [6.45, 7) is 8.69. The molecule has 0 saturated carbocycles. The Hall–Kier alpha value is -10.6. The highest BCUT2D eigenvalue weighted by atomic mass is 35.5. The molecule has 22 N–H and O–H groups in total. The van der Waals surface area contributed by atoms with Crippen LogP contribution in [0.15, 0.2) is 127 Å². The maximum absolute atomic E-state index is 16.6. The molecule has 8 aliphatic rings. The van der Waals surface area contributed by atoms with Crippen molar-refractivity contribution in [2.75, 3.05) is 20.3 Å². The molecule has 668 valence electrons. The third-order valence-corrected chi connectivity index (χ3v) is 23.8. The Morgan fingerprint density at radius 3 is 1.90 bits per heavy atom. The van der Waals surface area contributed by atoms with Crippen molar-refractivity contribution in [1.82, 2.24) is 42.5 Å². The lowest BCUT2D eigenvalue weighted by Crippen LogP contribution is -2.65. The number of phenols is 3. The first kappa shape index (κ1) is 92.1. The van der Waals surface area contributed by atoms with Crippen LogP contribution in [0, 0.1) is 11.8 Å². The second-order valence-electron chi connectivity index (χ2n) is 32.8. The molecule has 0 aliphatic carbocycles. The normalized spacial score (nSPS) is 29.7. The van der Waals surface area contributed by atoms with Gasteiger partial charge < -0.3 is 143 Å². The quantitative estimate of drug-likeness (QED) is 0.0535. The number of nitrogens with one attached hydrogen (secondary N) is 8. The van der Waals surface area contributed by atoms with Gasteiger partial charge in [0.25, 0.3) is 0 Å². The molecular formula is C86H97Cl3N10O26. The molecule has 0 unspecified atom stereocenters. The van der Waals surface area contributed by atoms with Gasteiger partial charge in [0, 0.05) is 52.2 Å². The average Bonchev–Trinajstić information content (AvgIpc) is 0.764. The molecule has 39 heteroatoms. The van der Waals surface area contributed by atoms with Crippen molar-refractivity contribution in [3.8, 4) is 68.2 Å². The molecule has 8 aliphatic heterocycles. The Labute approximate surface area is 730 Å². The second-order valence-corrected chi connectivity index (χ2v) is 34.0. The van der Waals surface area contributed by atoms with Gasteiger partial charge in [0.15, 0.2) is 36.2 Å². The molecule has 125 heavy (non-hydrogen) atoms. The third kappa shape index (κ3) is 20.0. The number of nitrogens with two attached hydrogens (primary N) is 2. The van der Waals surface area contributed by atoms with Crippen molar-refractivity contribution < 1.29 is 127 Å². The topological polar surface area (TPSA) is 561 Å². The minimum Gasteiger partial charge on any atom is -0.508 e. The van der Waals surface area contributed by atoms with Crippen LogP contribution in [0.2, 0.25) is 15.1 Å². The third-order valence-electron chi connectivity index (χ3n) is 23.0. The molecule has 8 heterocycles. The number of hydrogen-bond acceptors (Lipinski definition) is 28. The summed E-state index contributed by atoms with van der Waals surface area (Å²) in [5, 5.41) is 138. The van der Waals surface area contributed by atoms with E-state index in [4.69, 9.17) is 84.2 Å². The summed E-state index contributed by atoms with van der Waals surface area (Å²) in [5.74, 6) is -17.3. The number of hydrogen-bond donors (Lipinski definition) is 20. The number of carbonyl (C=O) groups excluding carboxylic acids is 7. The van der Waals surface area contributed by atoms with Crippen LogP contribution < -0.4 is 68.2 Å². The van der Waals surface area contributed by atoms with Crippen molar-refractivity contribution in [3.63, 3.8) is 0 Å². The fourth-order valence-electron chi connectivity index (χ4n) is 16.1. The van der Waals surface area contributed by atoms with E-state index < -0.39 is 268 Å². The molecule has 0 aromatic heterocycles. The zero-order valence-corrected chi connectivity index (χ0v) is 70.6. The Morgan fingerprint density at radius 1 is 0.656 bits per heavy atom. The largest absolute Gasteiger partial charge is 0.508 e. The number of amides is 7. The lowest BCUT2D eigenvalue weighted by molar-refractivity contribution is -0.334. The number of benzene rings is 7. The lowest BCUT2D eigenvalue weighted by Gasteiger charge is -2.48. The molecule has 22 atom stereocenters. The molecule has 3 saturated heterocycles. The van der Waals surface area contributed by atoms with E-state index in [1.807, 2.05) is 50.2 Å². The summed E-state index contributed by atoms with van der Waals surface area (Å²) >= 11 is 20.8. The molecular weight excluding hydrogens is 1700 g/mol. The summed E-state index contributed by atoms with van der Waals surface area (Å²) in [6.07, 6.45) is -21.6. The van der Waals surface area contributed by atoms with Gasteiger partial charge in [0.1, 0.15) is 89.5 Å². The van der Waals surface area contributed by atoms with E-state index in [0.29, 0.717) is 5.02 Å². The number of carboxylic acids is 1. The minimum absolute atomic E-state index is 0.120. The zero-order chi connectivity index (χ0) is 90.3. The standard InChI is InChI=1S/C86H97Cl3N10O26/c1-35(2)22-51(92-7)76(110)98-66-68(105)42-15-20-55(49(88)24-42)120-57-26-44-27-58(72(57)125-84-73(70(107)69(106)59(33-100)122-84)123-61-31-86(6,75(109)37(4)119-61)93-32-38-8-10-39(11-9-38)40-12-17-45(87)18-13-40)121-56-21-16-43(25-50(56)89)71(124-83-36(3)74(108)85(5,91)34-118-83)67-81(115)97-65(82(116)117)48-28-46(101)29-54(103)62(48)47-23-41(14-19-53(47)102)63(78(112)99-67)96-79(113)64(44)95-77(111)52(30-60(90)104)94-80(66)114/h8-21,23-29,35-37,51-52,59,61,63-71,73-75,83-84,92-93,100-103,105-109H,22,30-34,91H2,1-7H3,(H2,90,104)(H,94,114)(H,95,111)(H,96,113)(H,97,115)(H,98,110)(H,99,112)(H,116,117)/t36-,37-,51+,52-,59+,61-,63+,64+,65-,66+,67-,68+,69+,70-,71+,73+,74-,75-,83+,84-,85-,86-/m0/s1. The number of aromatic hydroxyl groups is 3. The van der Waals surface area contributed by atoms with Gasteiger partial charge in [-0.1, -0.05) is 110 Å². The first-order valence-electron chi connectivity index (χ1n) is 40.0. The smallest absolute Gasteiger partial charge is 0.330 e. The maximum Gasteiger partial charge on any atom is 0.330 e. The number of phenolic OH excluding ortho intramolecular Hbond substituents is 3. The number of fused-ring (bicyclic) bond motifs is 15. The monoisotopic (exact) mass is 1790 g/mol. The molecule has 3 fully saturated rings. The molecule has 7 aromatic rings. The van der Waals surface area contributed by atoms with Crippen LogP contribution in [0.3, 0.4) is 0 Å². The Kier molecular flexibility index (Phi) is 27.9. The van der Waals surface area contributed by atoms with Crippen LogP contribution in [0.1, 0.15) is 125 Å². The highest BCUT2D eigenvalue weighted by Gasteiger charge is 2.53. The number of carbonyl (C=O) groups is 8. The number of carboxylic acid groups (broad SMARTS) is 1. The van der Waals surface area contributed by atoms with Crippen molar-refractivity contribution in [2.45, 2.75) is 195 Å². The number of aliphatic hydroxyl groups excluding tert-OH is 6. The molecule has 36 nitrogen and oxygen atoms in total. The van der Waals surface area contributed by atoms with Crippen LogP contribution in [-0.2, 0) is 68.6 Å². The Balaban J connectivity index is 1.02. The lowest BCUT2D eigenvalue weighted by atomic mass is 9.84. The summed E-state index contributed by atoms with van der Waals surface area (Å²) in [7, 11) is 1.48. The molecule has 15 rings (SSSR count). The van der Waals surface area contributed by atoms with Gasteiger partial charge in [0.2, 0.25) is 53.4 Å². The highest BCUT2D eigenvalue weighted by Crippen LogP contribution is 2.51. The first-order valence-corrected chi connectivity index (χ1v) is 41.2. The van der Waals surface area contributed by atoms with E-state index in [0.717, 1.165) is 65.2 Å². The van der Waals surface area contributed by atoms with Gasteiger partial charge in [0.05, 0.1) is 59.6 Å². The number of ether oxygens (including phenoxy) is 8. The number of aliphatic carboxylic acids is 1. The molecule has 7 aromatic carbocycles. The van der Waals surface area contributed by atoms with Crippen LogP contribution in [0.5, 0.6) is 46.0 Å². The number of primary amides is 1. The minimum atomic E-state index is -2.40. The van der Waals surface area contributed by atoms with Gasteiger partial charge in [-0.15, -0.1) is 0 Å². The van der Waals surface area contributed by atoms with Crippen LogP contribution in [0.4, 0.5) is 0 Å². The predicted octanol–water partition coefficient (Wildman–Crippen LogP) is 4.35. The van der Waals surface area contributed by atoms with Crippen LogP contribution in [0.25, 0.3) is 22.3 Å². The fourth-order valence-corrected chi connectivity index (χ4v) is 16.7. The maximum atomic E-state index is 16.6. The summed E-state index contributed by atoms with van der Waals surface area (Å²) < 4.78 is 52.9. The van der Waals surface area contributed by atoms with E-state index >= 15 is 24.0 Å². The molecule has 0 spiro atoms. The SMILES string of the molecule is CN[C@H](CC(C)C)C(=O)N[C@H]1C(=O)N[C@@H](CC(N)=O)C(=O)N[C@H]2C(=O)N[C@H]3C(=O)N[C@H](C(=O)N[C@H](C(=O)O)c4cc(O)cc(O)c4-c4cc3ccc4O)[C@H](O[C@H]3OC[C@](C)(N)[C@@H](O)[C@@H]3C)c3ccc(c(Cl)c3)Oc3cc2cc(c3O[C@@H]2O[C@H](CO)[C@@H](O)[C@H](O)[C@H]2O[C@H]2C[C@](C)(NCc3ccc(-c4ccc(Cl)cc4)cc3)[C@@H](O)[C@H](C)O2)Oc2ccc(cc2Cl)[C@H]1O. The summed E-state index contributed by atoms with van der Waals surface area (Å²) in [4.78, 5) is 121. The van der Waals surface area contributed by atoms with Gasteiger partial charge >= 0.3 is 5.97 Å². The molecule has 7 amide bonds. The number of likely N-dealkylation sites (N-methyl/N-ethyl adjacent to an activating group) is 1. The first-order chi connectivity index (χ1) is 59.2. The van der Waals surface area contributed by atoms with Crippen molar-refractivity contribution >= 4 is 82.1 Å². The van der Waals surface area contributed by atoms with E-state index in [2.05, 4.69) is 42.5 Å². The van der Waals surface area contributed by atoms with Gasteiger partial charge in [-0.3, -0.25) is 33.6 Å². The van der Waals surface area contributed by atoms with Crippen LogP contribution in [-0.4, -0.2) is 215 Å². The van der Waals surface area contributed by atoms with Gasteiger partial charge in [-0.2, -0.15) is 0 Å². The van der Waals surface area contributed by atoms with E-state index in [9.17, 15) is 65.4 Å². The van der Waals surface area contributed by atoms with Crippen molar-refractivity contribution in [3.05, 3.63) is 176 Å². The fraction of sp³-hybridized carbons (Fsp3) is 0.419. The highest BCUT2D eigenvalue weighted by molar-refractivity contribution is 6.32. The average molecular weight is 1790 g/mol. The number of aliphatic hydroxyl groups is 6. The zero-order valence-electron chi connectivity index (χ0n) is 68.3. The summed E-state index contributed by atoms with van der Waals surface area (Å²) in [6, 6.07) is 14.5.